The summed E-state index contributed by atoms with van der Waals surface area (Å²) in [6, 6.07) is 7.53. The average Bonchev–Trinajstić information content (AvgIpc) is 3.23. The van der Waals surface area contributed by atoms with Crippen molar-refractivity contribution in [3.8, 4) is 0 Å². The molecule has 0 saturated heterocycles. The molecule has 4 aliphatic rings. The standard InChI is InChI=1S/C28H34O8S2/c1-17-21(29)25(15-37(31,32)33)11-13-27(17,23(25,3)4)19-7-9-20(10-8-19)28-14-12-26(24(28,5)6,16-38(34,35)36)22(30)18(28)2/h7-10H,1-2,11-16H2,3-6H3,(H,31,32,33)(H,34,35,36). The minimum Gasteiger partial charge on any atom is -0.294 e. The van der Waals surface area contributed by atoms with Gasteiger partial charge in [0.25, 0.3) is 20.2 Å². The summed E-state index contributed by atoms with van der Waals surface area (Å²) < 4.78 is 67.1. The van der Waals surface area contributed by atoms with E-state index in [9.17, 15) is 35.5 Å². The van der Waals surface area contributed by atoms with Gasteiger partial charge in [-0.25, -0.2) is 0 Å². The molecule has 206 valence electrons. The zero-order chi connectivity index (χ0) is 28.5. The van der Waals surface area contributed by atoms with Crippen molar-refractivity contribution in [1.29, 1.82) is 0 Å². The fraction of sp³-hybridized carbons (Fsp3) is 0.571. The van der Waals surface area contributed by atoms with Crippen molar-refractivity contribution in [1.82, 2.24) is 0 Å². The van der Waals surface area contributed by atoms with E-state index in [1.165, 1.54) is 0 Å². The molecule has 8 nitrogen and oxygen atoms in total. The summed E-state index contributed by atoms with van der Waals surface area (Å²) in [4.78, 5) is 26.9. The number of fused-ring (bicyclic) bond motifs is 4. The molecule has 5 rings (SSSR count). The van der Waals surface area contributed by atoms with Crippen molar-refractivity contribution in [2.45, 2.75) is 64.2 Å². The number of hydrogen-bond acceptors (Lipinski definition) is 6. The van der Waals surface area contributed by atoms with E-state index in [1.54, 1.807) is 0 Å². The molecule has 4 atom stereocenters. The summed E-state index contributed by atoms with van der Waals surface area (Å²) in [5, 5.41) is 0. The van der Waals surface area contributed by atoms with E-state index in [2.05, 4.69) is 13.2 Å². The Morgan fingerprint density at radius 2 is 0.947 bits per heavy atom. The Labute approximate surface area is 224 Å². The Kier molecular flexibility index (Phi) is 5.29. The lowest BCUT2D eigenvalue weighted by Crippen LogP contribution is -2.44. The first-order chi connectivity index (χ1) is 17.2. The van der Waals surface area contributed by atoms with Gasteiger partial charge in [0.1, 0.15) is 0 Å². The Morgan fingerprint density at radius 3 is 1.21 bits per heavy atom. The molecule has 2 N–H and O–H groups in total. The van der Waals surface area contributed by atoms with Crippen LogP contribution in [-0.4, -0.2) is 49.0 Å². The van der Waals surface area contributed by atoms with Gasteiger partial charge in [-0.3, -0.25) is 18.7 Å². The van der Waals surface area contributed by atoms with Crippen molar-refractivity contribution >= 4 is 31.8 Å². The van der Waals surface area contributed by atoms with Crippen LogP contribution in [0.2, 0.25) is 0 Å². The SMILES string of the molecule is C=C1C(=O)C2(CS(=O)(=O)O)CCC1(c1ccc(C34CCC(CS(=O)(=O)O)(C(=O)C3=C)C4(C)C)cc1)C2(C)C. The number of hydrogen-bond donors (Lipinski definition) is 2. The summed E-state index contributed by atoms with van der Waals surface area (Å²) in [6.07, 6.45) is 1.61. The van der Waals surface area contributed by atoms with Crippen LogP contribution in [0.5, 0.6) is 0 Å². The topological polar surface area (TPSA) is 143 Å². The Bertz CT molecular complexity index is 1430. The molecule has 0 spiro atoms. The number of carbonyl (C=O) groups excluding carboxylic acids is 2. The molecule has 1 aromatic rings. The van der Waals surface area contributed by atoms with Gasteiger partial charge in [0.05, 0.1) is 22.3 Å². The van der Waals surface area contributed by atoms with Crippen LogP contribution in [0.25, 0.3) is 0 Å². The largest absolute Gasteiger partial charge is 0.294 e. The maximum Gasteiger partial charge on any atom is 0.265 e. The molecule has 0 amide bonds. The minimum atomic E-state index is -4.42. The van der Waals surface area contributed by atoms with E-state index in [0.29, 0.717) is 36.8 Å². The summed E-state index contributed by atoms with van der Waals surface area (Å²) in [7, 11) is -8.84. The van der Waals surface area contributed by atoms with Crippen molar-refractivity contribution < 1.29 is 35.5 Å². The fourth-order valence-corrected chi connectivity index (χ4v) is 11.9. The van der Waals surface area contributed by atoms with Gasteiger partial charge in [0.15, 0.2) is 11.6 Å². The number of carbonyl (C=O) groups is 2. The number of Topliss-reactive ketones (excluding diaryl/α,β-unsaturated/α-hetero) is 2. The number of ketones is 2. The van der Waals surface area contributed by atoms with Crippen molar-refractivity contribution in [2.24, 2.45) is 21.7 Å². The Balaban J connectivity index is 1.61. The lowest BCUT2D eigenvalue weighted by molar-refractivity contribution is -0.126. The smallest absolute Gasteiger partial charge is 0.265 e. The second kappa shape index (κ2) is 7.33. The second-order valence-electron chi connectivity index (χ2n) is 12.9. The van der Waals surface area contributed by atoms with Crippen molar-refractivity contribution in [2.75, 3.05) is 11.5 Å². The van der Waals surface area contributed by atoms with Gasteiger partial charge in [-0.1, -0.05) is 65.1 Å². The highest BCUT2D eigenvalue weighted by atomic mass is 32.2. The quantitative estimate of drug-likeness (QED) is 0.393. The molecule has 0 aliphatic heterocycles. The molecule has 4 saturated carbocycles. The molecule has 38 heavy (non-hydrogen) atoms. The van der Waals surface area contributed by atoms with Gasteiger partial charge in [-0.2, -0.15) is 16.8 Å². The zero-order valence-electron chi connectivity index (χ0n) is 22.1. The van der Waals surface area contributed by atoms with Gasteiger partial charge in [0, 0.05) is 10.8 Å². The molecule has 1 aromatic carbocycles. The minimum absolute atomic E-state index is 0.305. The summed E-state index contributed by atoms with van der Waals surface area (Å²) in [6.45, 7) is 15.6. The molecule has 10 heteroatoms. The molecule has 4 bridgehead atoms. The third-order valence-corrected chi connectivity index (χ3v) is 13.3. The summed E-state index contributed by atoms with van der Waals surface area (Å²) in [5.41, 5.74) is -3.62. The van der Waals surface area contributed by atoms with E-state index in [-0.39, 0.29) is 11.6 Å². The molecule has 0 heterocycles. The lowest BCUT2D eigenvalue weighted by Gasteiger charge is -2.43. The van der Waals surface area contributed by atoms with E-state index in [4.69, 9.17) is 0 Å². The highest BCUT2D eigenvalue weighted by molar-refractivity contribution is 7.86. The molecule has 0 aromatic heterocycles. The first-order valence-electron chi connectivity index (χ1n) is 12.7. The molecule has 4 aliphatic carbocycles. The van der Waals surface area contributed by atoms with Crippen LogP contribution in [-0.2, 0) is 40.7 Å². The van der Waals surface area contributed by atoms with Crippen LogP contribution in [0.1, 0.15) is 64.5 Å². The van der Waals surface area contributed by atoms with Gasteiger partial charge < -0.3 is 0 Å². The molecule has 0 radical (unpaired) electrons. The van der Waals surface area contributed by atoms with Crippen LogP contribution < -0.4 is 0 Å². The molecular formula is C28H34O8S2. The normalized spacial score (nSPS) is 37.4. The molecule has 4 fully saturated rings. The monoisotopic (exact) mass is 562 g/mol. The van der Waals surface area contributed by atoms with Gasteiger partial charge in [-0.05, 0) is 58.8 Å². The Morgan fingerprint density at radius 1 is 0.658 bits per heavy atom. The predicted molar refractivity (Wildman–Crippen MR) is 142 cm³/mol. The summed E-state index contributed by atoms with van der Waals surface area (Å²) in [5.74, 6) is -1.98. The van der Waals surface area contributed by atoms with E-state index < -0.39 is 64.2 Å². The van der Waals surface area contributed by atoms with E-state index in [0.717, 1.165) is 11.1 Å². The third-order valence-electron chi connectivity index (χ3n) is 11.6. The van der Waals surface area contributed by atoms with E-state index in [1.807, 2.05) is 52.0 Å². The number of rotatable bonds is 6. The fourth-order valence-electron chi connectivity index (χ4n) is 9.34. The van der Waals surface area contributed by atoms with Gasteiger partial charge >= 0.3 is 0 Å². The van der Waals surface area contributed by atoms with Crippen LogP contribution in [0.3, 0.4) is 0 Å². The van der Waals surface area contributed by atoms with Crippen molar-refractivity contribution in [3.05, 3.63) is 59.7 Å². The zero-order valence-corrected chi connectivity index (χ0v) is 23.8. The molecule has 4 unspecified atom stereocenters. The number of allylic oxidation sites excluding steroid dienone is 2. The predicted octanol–water partition coefficient (Wildman–Crippen LogP) is 3.83. The lowest BCUT2D eigenvalue weighted by atomic mass is 9.59. The summed E-state index contributed by atoms with van der Waals surface area (Å²) >= 11 is 0. The second-order valence-corrected chi connectivity index (χ2v) is 15.8. The third kappa shape index (κ3) is 2.82. The maximum atomic E-state index is 13.5. The van der Waals surface area contributed by atoms with Gasteiger partial charge in [0.2, 0.25) is 0 Å². The first-order valence-corrected chi connectivity index (χ1v) is 15.9. The molecular weight excluding hydrogens is 528 g/mol. The van der Waals surface area contributed by atoms with Crippen LogP contribution in [0, 0.1) is 21.7 Å². The average molecular weight is 563 g/mol. The van der Waals surface area contributed by atoms with E-state index >= 15 is 0 Å². The van der Waals surface area contributed by atoms with Crippen LogP contribution in [0.15, 0.2) is 48.6 Å². The first kappa shape index (κ1) is 27.4. The number of benzene rings is 1. The maximum absolute atomic E-state index is 13.5. The van der Waals surface area contributed by atoms with Crippen molar-refractivity contribution in [3.63, 3.8) is 0 Å². The highest BCUT2D eigenvalue weighted by Crippen LogP contribution is 2.75. The van der Waals surface area contributed by atoms with Crippen LogP contribution >= 0.6 is 0 Å². The van der Waals surface area contributed by atoms with Gasteiger partial charge in [-0.15, -0.1) is 0 Å². The highest BCUT2D eigenvalue weighted by Gasteiger charge is 2.76. The van der Waals surface area contributed by atoms with Crippen LogP contribution in [0.4, 0.5) is 0 Å². The Hall–Kier alpha value is -2.14.